The molecule has 1 aromatic rings. The summed E-state index contributed by atoms with van der Waals surface area (Å²) in [6.07, 6.45) is 4.99. The summed E-state index contributed by atoms with van der Waals surface area (Å²) in [5, 5.41) is 0.503. The number of rotatable bonds is 5. The van der Waals surface area contributed by atoms with E-state index in [-0.39, 0.29) is 50.0 Å². The number of hydrogen-bond acceptors (Lipinski definition) is 6. The number of esters is 1. The fraction of sp³-hybridized carbons (Fsp3) is 0.450. The molecule has 0 aromatic heterocycles. The van der Waals surface area contributed by atoms with Crippen LogP contribution in [0.4, 0.5) is 0 Å². The van der Waals surface area contributed by atoms with Crippen LogP contribution in [0.15, 0.2) is 24.3 Å². The van der Waals surface area contributed by atoms with Crippen LogP contribution in [-0.2, 0) is 37.1 Å². The Morgan fingerprint density at radius 1 is 1.18 bits per heavy atom. The Morgan fingerprint density at radius 2 is 1.89 bits per heavy atom. The third-order valence-electron chi connectivity index (χ3n) is 5.28. The Labute approximate surface area is 167 Å². The lowest BCUT2D eigenvalue weighted by molar-refractivity contribution is -0.146. The predicted octanol–water partition coefficient (Wildman–Crippen LogP) is 2.59. The highest BCUT2D eigenvalue weighted by Crippen LogP contribution is 2.35. The van der Waals surface area contributed by atoms with Crippen LogP contribution in [-0.4, -0.2) is 36.0 Å². The van der Waals surface area contributed by atoms with E-state index in [1.807, 2.05) is 12.2 Å². The Hall–Kier alpha value is -2.38. The van der Waals surface area contributed by atoms with Crippen LogP contribution in [0.3, 0.4) is 0 Å². The van der Waals surface area contributed by atoms with Crippen molar-refractivity contribution >= 4 is 29.4 Å². The standard InChI is InChI=1S/C20H20ClNO6/c21-14-7-12-9-26-11-28-18(12)13(8-14)10-27-17(23)5-6-22-19(24)15-3-1-2-4-16(15)20(22)25/h1-2,7-8,15-16H,3-6,9-11H2/t15-,16-/m1/s1. The van der Waals surface area contributed by atoms with Gasteiger partial charge in [-0.2, -0.15) is 0 Å². The number of benzene rings is 1. The Balaban J connectivity index is 1.33. The van der Waals surface area contributed by atoms with Crippen LogP contribution < -0.4 is 4.74 Å². The van der Waals surface area contributed by atoms with Crippen LogP contribution >= 0.6 is 11.6 Å². The first kappa shape index (κ1) is 19.0. The normalized spacial score (nSPS) is 23.2. The highest BCUT2D eigenvalue weighted by molar-refractivity contribution is 6.30. The predicted molar refractivity (Wildman–Crippen MR) is 98.2 cm³/mol. The minimum absolute atomic E-state index is 0.00120. The number of fused-ring (bicyclic) bond motifs is 2. The fourth-order valence-electron chi connectivity index (χ4n) is 3.89. The smallest absolute Gasteiger partial charge is 0.307 e. The molecule has 2 amide bonds. The van der Waals surface area contributed by atoms with Gasteiger partial charge in [0.2, 0.25) is 11.8 Å². The molecule has 148 valence electrons. The largest absolute Gasteiger partial charge is 0.467 e. The molecule has 1 aliphatic carbocycles. The van der Waals surface area contributed by atoms with E-state index in [9.17, 15) is 14.4 Å². The second-order valence-corrected chi connectivity index (χ2v) is 7.49. The molecule has 1 saturated heterocycles. The summed E-state index contributed by atoms with van der Waals surface area (Å²) in [6.45, 7) is 0.555. The van der Waals surface area contributed by atoms with Crippen molar-refractivity contribution in [3.8, 4) is 5.75 Å². The van der Waals surface area contributed by atoms with Crippen molar-refractivity contribution in [2.24, 2.45) is 11.8 Å². The topological polar surface area (TPSA) is 82.1 Å². The summed E-state index contributed by atoms with van der Waals surface area (Å²) < 4.78 is 16.0. The lowest BCUT2D eigenvalue weighted by atomic mass is 9.85. The molecule has 28 heavy (non-hydrogen) atoms. The Bertz CT molecular complexity index is 825. The maximum atomic E-state index is 12.4. The van der Waals surface area contributed by atoms with Gasteiger partial charge in [0.25, 0.3) is 0 Å². The highest BCUT2D eigenvalue weighted by atomic mass is 35.5. The minimum Gasteiger partial charge on any atom is -0.467 e. The summed E-state index contributed by atoms with van der Waals surface area (Å²) in [6, 6.07) is 3.43. The Kier molecular flexibility index (Phi) is 5.37. The molecule has 8 heteroatoms. The molecule has 2 heterocycles. The molecule has 2 atom stereocenters. The lowest BCUT2D eigenvalue weighted by Gasteiger charge is -2.21. The van der Waals surface area contributed by atoms with Gasteiger partial charge in [0.1, 0.15) is 12.4 Å². The fourth-order valence-corrected chi connectivity index (χ4v) is 4.15. The van der Waals surface area contributed by atoms with Crippen LogP contribution in [0.5, 0.6) is 5.75 Å². The number of allylic oxidation sites excluding steroid dienone is 2. The molecule has 0 unspecified atom stereocenters. The summed E-state index contributed by atoms with van der Waals surface area (Å²) in [4.78, 5) is 38.2. The van der Waals surface area contributed by atoms with Crippen molar-refractivity contribution in [2.75, 3.05) is 13.3 Å². The SMILES string of the molecule is O=C(CCN1C(=O)[C@@H]2CC=CC[C@H]2C1=O)OCc1cc(Cl)cc2c1OCOC2. The molecule has 4 rings (SSSR count). The van der Waals surface area contributed by atoms with Crippen LogP contribution in [0.25, 0.3) is 0 Å². The monoisotopic (exact) mass is 405 g/mol. The quantitative estimate of drug-likeness (QED) is 0.425. The van der Waals surface area contributed by atoms with E-state index in [0.29, 0.717) is 35.8 Å². The third kappa shape index (κ3) is 3.64. The first-order valence-corrected chi connectivity index (χ1v) is 9.60. The molecule has 7 nitrogen and oxygen atoms in total. The van der Waals surface area contributed by atoms with E-state index in [1.165, 1.54) is 4.90 Å². The van der Waals surface area contributed by atoms with Crippen molar-refractivity contribution < 1.29 is 28.6 Å². The molecular weight excluding hydrogens is 386 g/mol. The van der Waals surface area contributed by atoms with Crippen molar-refractivity contribution in [3.63, 3.8) is 0 Å². The molecule has 2 aliphatic heterocycles. The number of imide groups is 1. The summed E-state index contributed by atoms with van der Waals surface area (Å²) >= 11 is 6.10. The number of hydrogen-bond donors (Lipinski definition) is 0. The van der Waals surface area contributed by atoms with Crippen molar-refractivity contribution in [1.29, 1.82) is 0 Å². The second kappa shape index (κ2) is 7.93. The summed E-state index contributed by atoms with van der Waals surface area (Å²) in [5.74, 6) is -0.829. The molecule has 0 saturated carbocycles. The molecule has 0 bridgehead atoms. The molecule has 0 spiro atoms. The summed E-state index contributed by atoms with van der Waals surface area (Å²) in [7, 11) is 0. The van der Waals surface area contributed by atoms with Gasteiger partial charge in [0, 0.05) is 22.7 Å². The van der Waals surface area contributed by atoms with E-state index in [1.54, 1.807) is 12.1 Å². The van der Waals surface area contributed by atoms with Gasteiger partial charge >= 0.3 is 5.97 Å². The number of amides is 2. The number of nitrogens with zero attached hydrogens (tertiary/aromatic N) is 1. The Morgan fingerprint density at radius 3 is 2.61 bits per heavy atom. The molecule has 3 aliphatic rings. The molecule has 0 radical (unpaired) electrons. The van der Waals surface area contributed by atoms with Gasteiger partial charge in [-0.05, 0) is 25.0 Å². The minimum atomic E-state index is -0.491. The van der Waals surface area contributed by atoms with E-state index < -0.39 is 5.97 Å². The van der Waals surface area contributed by atoms with Crippen molar-refractivity contribution in [3.05, 3.63) is 40.4 Å². The van der Waals surface area contributed by atoms with Crippen molar-refractivity contribution in [2.45, 2.75) is 32.5 Å². The molecule has 0 N–H and O–H groups in total. The molecule has 1 fully saturated rings. The van der Waals surface area contributed by atoms with E-state index in [2.05, 4.69) is 0 Å². The van der Waals surface area contributed by atoms with Gasteiger partial charge in [-0.3, -0.25) is 19.3 Å². The maximum absolute atomic E-state index is 12.4. The van der Waals surface area contributed by atoms with Gasteiger partial charge in [-0.15, -0.1) is 0 Å². The zero-order valence-corrected chi connectivity index (χ0v) is 15.9. The number of ether oxygens (including phenoxy) is 3. The van der Waals surface area contributed by atoms with Crippen LogP contribution in [0.2, 0.25) is 5.02 Å². The van der Waals surface area contributed by atoms with Gasteiger partial charge in [-0.1, -0.05) is 23.8 Å². The van der Waals surface area contributed by atoms with E-state index in [0.717, 1.165) is 5.56 Å². The van der Waals surface area contributed by atoms with Crippen LogP contribution in [0.1, 0.15) is 30.4 Å². The van der Waals surface area contributed by atoms with Crippen LogP contribution in [0, 0.1) is 11.8 Å². The molecule has 1 aromatic carbocycles. The third-order valence-corrected chi connectivity index (χ3v) is 5.50. The van der Waals surface area contributed by atoms with Gasteiger partial charge in [0.15, 0.2) is 6.79 Å². The van der Waals surface area contributed by atoms with Gasteiger partial charge in [-0.25, -0.2) is 0 Å². The first-order valence-electron chi connectivity index (χ1n) is 9.22. The summed E-state index contributed by atoms with van der Waals surface area (Å²) in [5.41, 5.74) is 1.46. The average molecular weight is 406 g/mol. The number of carbonyl (C=O) groups is 3. The number of carbonyl (C=O) groups excluding carboxylic acids is 3. The average Bonchev–Trinajstić information content (AvgIpc) is 2.95. The van der Waals surface area contributed by atoms with Gasteiger partial charge in [0.05, 0.1) is 24.9 Å². The number of likely N-dealkylation sites (tertiary alicyclic amines) is 1. The maximum Gasteiger partial charge on any atom is 0.307 e. The highest BCUT2D eigenvalue weighted by Gasteiger charge is 2.46. The zero-order chi connectivity index (χ0) is 19.7. The lowest BCUT2D eigenvalue weighted by Crippen LogP contribution is -2.33. The van der Waals surface area contributed by atoms with E-state index >= 15 is 0 Å². The zero-order valence-electron chi connectivity index (χ0n) is 15.2. The number of halogens is 1. The molecular formula is C20H20ClNO6. The van der Waals surface area contributed by atoms with Crippen molar-refractivity contribution in [1.82, 2.24) is 4.90 Å². The first-order chi connectivity index (χ1) is 13.5. The van der Waals surface area contributed by atoms with E-state index in [4.69, 9.17) is 25.8 Å². The second-order valence-electron chi connectivity index (χ2n) is 7.06. The van der Waals surface area contributed by atoms with Gasteiger partial charge < -0.3 is 14.2 Å².